The number of ether oxygens (including phenoxy) is 2. The fourth-order valence-corrected chi connectivity index (χ4v) is 1.52. The zero-order chi connectivity index (χ0) is 15.1. The summed E-state index contributed by atoms with van der Waals surface area (Å²) in [6, 6.07) is 3.24. The Balaban J connectivity index is 3.60. The average molecular weight is 274 g/mol. The molecule has 0 atom stereocenters. The van der Waals surface area contributed by atoms with Gasteiger partial charge in [-0.05, 0) is 13.0 Å². The monoisotopic (exact) mass is 274 g/mol. The smallest absolute Gasteiger partial charge is 0.340 e. The number of carbonyl (C=O) groups excluding carboxylic acids is 1. The quantitative estimate of drug-likeness (QED) is 0.612. The Bertz CT molecular complexity index is 602. The van der Waals surface area contributed by atoms with E-state index in [2.05, 4.69) is 9.72 Å². The maximum absolute atomic E-state index is 11.8. The fraction of sp³-hybridized carbons (Fsp3) is 0.231. The van der Waals surface area contributed by atoms with Crippen LogP contribution in [0.25, 0.3) is 5.57 Å². The zero-order valence-corrected chi connectivity index (χ0v) is 11.1. The van der Waals surface area contributed by atoms with Crippen LogP contribution in [0, 0.1) is 16.7 Å². The molecule has 1 rings (SSSR count). The molecule has 0 bridgehead atoms. The van der Waals surface area contributed by atoms with Crippen LogP contribution in [0.3, 0.4) is 0 Å². The molecule has 0 radical (unpaired) electrons. The van der Waals surface area contributed by atoms with Crippen LogP contribution in [0.4, 0.5) is 0 Å². The standard InChI is InChI=1S/C13H14N4O3/c1-3-20-11-4-9(13(18)19-2)12(8(5-14)6-15)17-10(11)7-16/h4-6,14H,3,15H2,1-2H3/b8-6+,14-5?. The lowest BCUT2D eigenvalue weighted by Crippen LogP contribution is -2.11. The Kier molecular flexibility index (Phi) is 5.23. The van der Waals surface area contributed by atoms with Crippen LogP contribution >= 0.6 is 0 Å². The van der Waals surface area contributed by atoms with E-state index < -0.39 is 5.97 Å². The Hall–Kier alpha value is -2.88. The van der Waals surface area contributed by atoms with Gasteiger partial charge < -0.3 is 20.6 Å². The number of hydrogen-bond acceptors (Lipinski definition) is 7. The number of methoxy groups -OCH3 is 1. The summed E-state index contributed by atoms with van der Waals surface area (Å²) in [5.74, 6) is -0.473. The normalized spacial score (nSPS) is 10.6. The molecule has 7 nitrogen and oxygen atoms in total. The van der Waals surface area contributed by atoms with E-state index in [1.54, 1.807) is 6.92 Å². The summed E-state index contributed by atoms with van der Waals surface area (Å²) in [4.78, 5) is 15.8. The van der Waals surface area contributed by atoms with Crippen molar-refractivity contribution in [3.8, 4) is 11.8 Å². The number of allylic oxidation sites excluding steroid dienone is 1. The first-order chi connectivity index (χ1) is 9.62. The summed E-state index contributed by atoms with van der Waals surface area (Å²) in [5.41, 5.74) is 5.79. The molecule has 3 N–H and O–H groups in total. The molecule has 1 heterocycles. The number of nitrogens with one attached hydrogen (secondary N) is 1. The SMILES string of the molecule is CCOc1cc(C(=O)OC)c(/C(C=N)=C/N)nc1C#N. The molecule has 104 valence electrons. The highest BCUT2D eigenvalue weighted by molar-refractivity contribution is 6.11. The van der Waals surface area contributed by atoms with E-state index in [4.69, 9.17) is 21.1 Å². The molecule has 0 aromatic carbocycles. The van der Waals surface area contributed by atoms with Gasteiger partial charge in [-0.1, -0.05) is 0 Å². The summed E-state index contributed by atoms with van der Waals surface area (Å²) < 4.78 is 9.93. The number of nitriles is 1. The second kappa shape index (κ2) is 6.89. The molecule has 20 heavy (non-hydrogen) atoms. The average Bonchev–Trinajstić information content (AvgIpc) is 2.48. The first-order valence-corrected chi connectivity index (χ1v) is 5.71. The summed E-state index contributed by atoms with van der Waals surface area (Å²) in [6.45, 7) is 2.07. The molecule has 0 amide bonds. The van der Waals surface area contributed by atoms with Gasteiger partial charge in [-0.25, -0.2) is 9.78 Å². The second-order valence-electron chi connectivity index (χ2n) is 3.53. The third kappa shape index (κ3) is 2.92. The van der Waals surface area contributed by atoms with Crippen LogP contribution in [-0.4, -0.2) is 30.9 Å². The summed E-state index contributed by atoms with van der Waals surface area (Å²) in [5, 5.41) is 16.3. The van der Waals surface area contributed by atoms with Gasteiger partial charge in [0.25, 0.3) is 0 Å². The number of aromatic nitrogens is 1. The molecule has 7 heteroatoms. The minimum Gasteiger partial charge on any atom is -0.491 e. The Morgan fingerprint density at radius 2 is 2.35 bits per heavy atom. The molecule has 0 saturated heterocycles. The van der Waals surface area contributed by atoms with Crippen molar-refractivity contribution in [3.05, 3.63) is 29.2 Å². The zero-order valence-electron chi connectivity index (χ0n) is 11.1. The van der Waals surface area contributed by atoms with Crippen molar-refractivity contribution >= 4 is 17.8 Å². The molecule has 1 aromatic rings. The largest absolute Gasteiger partial charge is 0.491 e. The fourth-order valence-electron chi connectivity index (χ4n) is 1.52. The van der Waals surface area contributed by atoms with Gasteiger partial charge in [0.15, 0.2) is 11.4 Å². The molecule has 0 unspecified atom stereocenters. The van der Waals surface area contributed by atoms with Gasteiger partial charge in [-0.3, -0.25) is 0 Å². The van der Waals surface area contributed by atoms with Crippen LogP contribution in [-0.2, 0) is 4.74 Å². The van der Waals surface area contributed by atoms with Crippen molar-refractivity contribution in [1.29, 1.82) is 10.7 Å². The van der Waals surface area contributed by atoms with E-state index >= 15 is 0 Å². The molecular formula is C13H14N4O3. The molecule has 0 saturated carbocycles. The lowest BCUT2D eigenvalue weighted by atomic mass is 10.1. The van der Waals surface area contributed by atoms with Crippen molar-refractivity contribution in [1.82, 2.24) is 4.98 Å². The highest BCUT2D eigenvalue weighted by Crippen LogP contribution is 2.24. The molecular weight excluding hydrogens is 260 g/mol. The third-order valence-corrected chi connectivity index (χ3v) is 2.41. The Morgan fingerprint density at radius 1 is 1.65 bits per heavy atom. The van der Waals surface area contributed by atoms with Gasteiger partial charge in [0.05, 0.1) is 25.0 Å². The number of pyridine rings is 1. The number of nitrogens with two attached hydrogens (primary N) is 1. The van der Waals surface area contributed by atoms with Crippen molar-refractivity contribution in [2.75, 3.05) is 13.7 Å². The van der Waals surface area contributed by atoms with Crippen molar-refractivity contribution in [3.63, 3.8) is 0 Å². The lowest BCUT2D eigenvalue weighted by molar-refractivity contribution is 0.0599. The molecule has 0 spiro atoms. The molecule has 0 aliphatic rings. The van der Waals surface area contributed by atoms with Crippen LogP contribution in [0.5, 0.6) is 5.75 Å². The summed E-state index contributed by atoms with van der Waals surface area (Å²) >= 11 is 0. The van der Waals surface area contributed by atoms with Gasteiger partial charge in [0.2, 0.25) is 0 Å². The Labute approximate surface area is 116 Å². The number of rotatable bonds is 5. The molecule has 1 aromatic heterocycles. The number of carbonyl (C=O) groups is 1. The maximum Gasteiger partial charge on any atom is 0.340 e. The van der Waals surface area contributed by atoms with Crippen LogP contribution in [0.1, 0.15) is 28.7 Å². The lowest BCUT2D eigenvalue weighted by Gasteiger charge is -2.11. The van der Waals surface area contributed by atoms with Gasteiger partial charge in [-0.2, -0.15) is 5.26 Å². The maximum atomic E-state index is 11.8. The number of hydrogen-bond donors (Lipinski definition) is 2. The van der Waals surface area contributed by atoms with E-state index in [0.717, 1.165) is 12.4 Å². The first kappa shape index (κ1) is 15.2. The van der Waals surface area contributed by atoms with Crippen LogP contribution < -0.4 is 10.5 Å². The van der Waals surface area contributed by atoms with E-state index in [0.29, 0.717) is 6.61 Å². The molecule has 0 fully saturated rings. The van der Waals surface area contributed by atoms with Gasteiger partial charge in [0.1, 0.15) is 6.07 Å². The van der Waals surface area contributed by atoms with E-state index in [1.165, 1.54) is 13.2 Å². The predicted octanol–water partition coefficient (Wildman–Crippen LogP) is 1.09. The highest BCUT2D eigenvalue weighted by atomic mass is 16.5. The first-order valence-electron chi connectivity index (χ1n) is 5.71. The molecule has 0 aliphatic carbocycles. The predicted molar refractivity (Wildman–Crippen MR) is 72.4 cm³/mol. The minimum atomic E-state index is -0.654. The third-order valence-electron chi connectivity index (χ3n) is 2.41. The van der Waals surface area contributed by atoms with E-state index in [9.17, 15) is 4.79 Å². The van der Waals surface area contributed by atoms with Crippen molar-refractivity contribution in [2.45, 2.75) is 6.92 Å². The second-order valence-corrected chi connectivity index (χ2v) is 3.53. The number of esters is 1. The van der Waals surface area contributed by atoms with Crippen LogP contribution in [0.2, 0.25) is 0 Å². The highest BCUT2D eigenvalue weighted by Gasteiger charge is 2.20. The summed E-state index contributed by atoms with van der Waals surface area (Å²) in [6.07, 6.45) is 2.07. The topological polar surface area (TPSA) is 122 Å². The van der Waals surface area contributed by atoms with Gasteiger partial charge in [-0.15, -0.1) is 0 Å². The van der Waals surface area contributed by atoms with E-state index in [1.807, 2.05) is 6.07 Å². The Morgan fingerprint density at radius 3 is 2.80 bits per heavy atom. The number of nitrogens with zero attached hydrogens (tertiary/aromatic N) is 2. The van der Waals surface area contributed by atoms with Crippen molar-refractivity contribution in [2.24, 2.45) is 5.73 Å². The van der Waals surface area contributed by atoms with E-state index in [-0.39, 0.29) is 28.3 Å². The summed E-state index contributed by atoms with van der Waals surface area (Å²) in [7, 11) is 1.22. The van der Waals surface area contributed by atoms with Gasteiger partial charge in [0, 0.05) is 18.0 Å². The van der Waals surface area contributed by atoms with Gasteiger partial charge >= 0.3 is 5.97 Å². The van der Waals surface area contributed by atoms with Crippen molar-refractivity contribution < 1.29 is 14.3 Å². The van der Waals surface area contributed by atoms with Crippen LogP contribution in [0.15, 0.2) is 12.3 Å². The molecule has 0 aliphatic heterocycles. The minimum absolute atomic E-state index is 0.00991.